The number of phenols is 1. The van der Waals surface area contributed by atoms with Crippen molar-refractivity contribution in [3.63, 3.8) is 0 Å². The summed E-state index contributed by atoms with van der Waals surface area (Å²) < 4.78 is 0. The van der Waals surface area contributed by atoms with Crippen LogP contribution in [-0.2, 0) is 4.79 Å². The van der Waals surface area contributed by atoms with Gasteiger partial charge in [-0.3, -0.25) is 9.59 Å². The van der Waals surface area contributed by atoms with E-state index in [1.807, 2.05) is 0 Å². The molecule has 5 heteroatoms. The van der Waals surface area contributed by atoms with Crippen LogP contribution in [0.25, 0.3) is 0 Å². The molecule has 0 radical (unpaired) electrons. The maximum absolute atomic E-state index is 12.5. The summed E-state index contributed by atoms with van der Waals surface area (Å²) in [6.07, 6.45) is 1.57. The summed E-state index contributed by atoms with van der Waals surface area (Å²) in [4.78, 5) is 25.5. The van der Waals surface area contributed by atoms with Gasteiger partial charge in [0.05, 0.1) is 11.0 Å². The number of carboxylic acids is 1. The van der Waals surface area contributed by atoms with E-state index in [4.69, 9.17) is 0 Å². The molecule has 1 amide bonds. The Hall–Kier alpha value is -2.04. The smallest absolute Gasteiger partial charge is 0.309 e. The van der Waals surface area contributed by atoms with Crippen molar-refractivity contribution in [2.75, 3.05) is 13.1 Å². The van der Waals surface area contributed by atoms with Crippen LogP contribution >= 0.6 is 0 Å². The largest absolute Gasteiger partial charge is 0.507 e. The molecule has 0 saturated carbocycles. The highest BCUT2D eigenvalue weighted by molar-refractivity contribution is 5.96. The van der Waals surface area contributed by atoms with E-state index >= 15 is 0 Å². The highest BCUT2D eigenvalue weighted by atomic mass is 16.4. The first kappa shape index (κ1) is 15.4. The Bertz CT molecular complexity index is 553. The second kappa shape index (κ2) is 5.76. The third-order valence-electron chi connectivity index (χ3n) is 4.41. The lowest BCUT2D eigenvalue weighted by Gasteiger charge is -2.39. The maximum Gasteiger partial charge on any atom is 0.309 e. The number of aliphatic carboxylic acids is 1. The monoisotopic (exact) mass is 291 g/mol. The second-order valence-electron chi connectivity index (χ2n) is 6.13. The van der Waals surface area contributed by atoms with E-state index in [2.05, 4.69) is 0 Å². The molecular weight excluding hydrogens is 270 g/mol. The highest BCUT2D eigenvalue weighted by Gasteiger charge is 2.40. The minimum Gasteiger partial charge on any atom is -0.507 e. The highest BCUT2D eigenvalue weighted by Crippen LogP contribution is 2.35. The fraction of sp³-hybridized carbons (Fsp3) is 0.500. The van der Waals surface area contributed by atoms with E-state index in [0.717, 1.165) is 12.8 Å². The molecule has 2 rings (SSSR count). The van der Waals surface area contributed by atoms with Crippen molar-refractivity contribution in [2.45, 2.75) is 26.7 Å². The molecule has 0 bridgehead atoms. The molecule has 21 heavy (non-hydrogen) atoms. The van der Waals surface area contributed by atoms with Crippen LogP contribution in [0.3, 0.4) is 0 Å². The van der Waals surface area contributed by atoms with Crippen molar-refractivity contribution in [2.24, 2.45) is 11.3 Å². The van der Waals surface area contributed by atoms with E-state index < -0.39 is 11.4 Å². The molecule has 1 saturated heterocycles. The van der Waals surface area contributed by atoms with E-state index in [1.54, 1.807) is 36.9 Å². The second-order valence-corrected chi connectivity index (χ2v) is 6.13. The Morgan fingerprint density at radius 3 is 2.57 bits per heavy atom. The number of carbonyl (C=O) groups excluding carboxylic acids is 1. The van der Waals surface area contributed by atoms with Crippen molar-refractivity contribution in [3.05, 3.63) is 29.8 Å². The molecule has 1 aliphatic heterocycles. The summed E-state index contributed by atoms with van der Waals surface area (Å²) in [5.74, 6) is -1.20. The number of carboxylic acid groups (broad SMARTS) is 1. The molecule has 0 aliphatic carbocycles. The van der Waals surface area contributed by atoms with Crippen LogP contribution in [-0.4, -0.2) is 40.1 Å². The number of carbonyl (C=O) groups is 2. The van der Waals surface area contributed by atoms with E-state index in [1.165, 1.54) is 6.07 Å². The molecular formula is C16H21NO4. The quantitative estimate of drug-likeness (QED) is 0.896. The number of para-hydroxylation sites is 1. The minimum absolute atomic E-state index is 0.0397. The van der Waals surface area contributed by atoms with E-state index in [9.17, 15) is 19.8 Å². The Morgan fingerprint density at radius 1 is 1.29 bits per heavy atom. The molecule has 2 N–H and O–H groups in total. The van der Waals surface area contributed by atoms with Crippen LogP contribution in [0.2, 0.25) is 0 Å². The molecule has 1 atom stereocenters. The van der Waals surface area contributed by atoms with Crippen molar-refractivity contribution in [3.8, 4) is 5.75 Å². The number of hydrogen-bond acceptors (Lipinski definition) is 3. The lowest BCUT2D eigenvalue weighted by molar-refractivity contribution is -0.151. The fourth-order valence-electron chi connectivity index (χ4n) is 2.75. The molecule has 1 unspecified atom stereocenters. The molecule has 1 aromatic rings. The lowest BCUT2D eigenvalue weighted by Crippen LogP contribution is -2.46. The van der Waals surface area contributed by atoms with Gasteiger partial charge >= 0.3 is 5.97 Å². The summed E-state index contributed by atoms with van der Waals surface area (Å²) >= 11 is 0. The van der Waals surface area contributed by atoms with Crippen molar-refractivity contribution >= 4 is 11.9 Å². The topological polar surface area (TPSA) is 77.8 Å². The number of aromatic hydroxyl groups is 1. The number of likely N-dealkylation sites (tertiary alicyclic amines) is 1. The van der Waals surface area contributed by atoms with Gasteiger partial charge in [0.25, 0.3) is 5.91 Å². The Morgan fingerprint density at radius 2 is 1.95 bits per heavy atom. The molecule has 1 heterocycles. The van der Waals surface area contributed by atoms with Crippen LogP contribution in [0.4, 0.5) is 0 Å². The zero-order chi connectivity index (χ0) is 15.6. The Kier molecular flexibility index (Phi) is 4.21. The maximum atomic E-state index is 12.5. The zero-order valence-corrected chi connectivity index (χ0v) is 12.4. The molecule has 5 nitrogen and oxygen atoms in total. The van der Waals surface area contributed by atoms with Crippen molar-refractivity contribution in [1.82, 2.24) is 4.90 Å². The van der Waals surface area contributed by atoms with Crippen LogP contribution in [0, 0.1) is 11.3 Å². The van der Waals surface area contributed by atoms with Gasteiger partial charge in [-0.1, -0.05) is 12.1 Å². The molecule has 0 spiro atoms. The van der Waals surface area contributed by atoms with Crippen LogP contribution < -0.4 is 0 Å². The van der Waals surface area contributed by atoms with Gasteiger partial charge in [-0.2, -0.15) is 0 Å². The zero-order valence-electron chi connectivity index (χ0n) is 12.4. The number of rotatable bonds is 3. The predicted octanol–water partition coefficient (Wildman–Crippen LogP) is 2.36. The normalized spacial score (nSPS) is 19.3. The number of hydrogen-bond donors (Lipinski definition) is 2. The van der Waals surface area contributed by atoms with Crippen molar-refractivity contribution in [1.29, 1.82) is 0 Å². The Balaban J connectivity index is 2.17. The third kappa shape index (κ3) is 3.01. The van der Waals surface area contributed by atoms with Gasteiger partial charge in [-0.25, -0.2) is 0 Å². The predicted molar refractivity (Wildman–Crippen MR) is 78.2 cm³/mol. The number of nitrogens with zero attached hydrogens (tertiary/aromatic N) is 1. The lowest BCUT2D eigenvalue weighted by atomic mass is 9.74. The fourth-order valence-corrected chi connectivity index (χ4v) is 2.75. The van der Waals surface area contributed by atoms with E-state index in [-0.39, 0.29) is 23.1 Å². The first-order chi connectivity index (χ1) is 9.84. The number of piperidine rings is 1. The van der Waals surface area contributed by atoms with Gasteiger partial charge in [0, 0.05) is 13.1 Å². The average Bonchev–Trinajstić information content (AvgIpc) is 2.47. The van der Waals surface area contributed by atoms with Crippen molar-refractivity contribution < 1.29 is 19.8 Å². The molecule has 1 fully saturated rings. The summed E-state index contributed by atoms with van der Waals surface area (Å²) in [5, 5.41) is 19.1. The van der Waals surface area contributed by atoms with E-state index in [0.29, 0.717) is 13.1 Å². The average molecular weight is 291 g/mol. The van der Waals surface area contributed by atoms with Gasteiger partial charge in [-0.05, 0) is 44.7 Å². The first-order valence-corrected chi connectivity index (χ1v) is 7.14. The number of amides is 1. The number of benzene rings is 1. The minimum atomic E-state index is -0.863. The van der Waals surface area contributed by atoms with Crippen LogP contribution in [0.15, 0.2) is 24.3 Å². The number of phenolic OH excluding ortho intramolecular Hbond substituents is 1. The summed E-state index contributed by atoms with van der Waals surface area (Å²) in [7, 11) is 0. The van der Waals surface area contributed by atoms with Crippen LogP contribution in [0.5, 0.6) is 5.75 Å². The SMILES string of the molecule is CC(C)(C(=O)O)C1CCCN(C(=O)c2ccccc2O)C1. The van der Waals surface area contributed by atoms with Gasteiger partial charge in [0.2, 0.25) is 0 Å². The Labute approximate surface area is 124 Å². The molecule has 114 valence electrons. The van der Waals surface area contributed by atoms with Gasteiger partial charge in [0.1, 0.15) is 5.75 Å². The van der Waals surface area contributed by atoms with Crippen LogP contribution in [0.1, 0.15) is 37.0 Å². The molecule has 1 aliphatic rings. The standard InChI is InChI=1S/C16H21NO4/c1-16(2,15(20)21)11-6-5-9-17(10-11)14(19)12-7-3-4-8-13(12)18/h3-4,7-8,11,18H,5-6,9-10H2,1-2H3,(H,20,21). The van der Waals surface area contributed by atoms with Gasteiger partial charge in [-0.15, -0.1) is 0 Å². The first-order valence-electron chi connectivity index (χ1n) is 7.14. The third-order valence-corrected chi connectivity index (χ3v) is 4.41. The summed E-state index contributed by atoms with van der Waals surface area (Å²) in [6.45, 7) is 4.41. The van der Waals surface area contributed by atoms with Gasteiger partial charge in [0.15, 0.2) is 0 Å². The molecule has 1 aromatic carbocycles. The summed E-state index contributed by atoms with van der Waals surface area (Å²) in [5.41, 5.74) is -0.594. The summed E-state index contributed by atoms with van der Waals surface area (Å²) in [6, 6.07) is 6.44. The van der Waals surface area contributed by atoms with Gasteiger partial charge < -0.3 is 15.1 Å². The molecule has 0 aromatic heterocycles.